The lowest BCUT2D eigenvalue weighted by atomic mass is 10.1. The van der Waals surface area contributed by atoms with Gasteiger partial charge in [-0.05, 0) is 38.0 Å². The number of amides is 1. The minimum absolute atomic E-state index is 0.133. The zero-order chi connectivity index (χ0) is 25.4. The number of fused-ring (bicyclic) bond motifs is 1. The maximum atomic E-state index is 14.8. The van der Waals surface area contributed by atoms with E-state index in [-0.39, 0.29) is 11.6 Å². The van der Waals surface area contributed by atoms with Crippen LogP contribution in [-0.2, 0) is 13.0 Å². The summed E-state index contributed by atoms with van der Waals surface area (Å²) >= 11 is 0. The van der Waals surface area contributed by atoms with Gasteiger partial charge in [0.2, 0.25) is 17.8 Å². The number of carbonyl (C=O) groups excluding carboxylic acids is 1. The third-order valence-corrected chi connectivity index (χ3v) is 6.72. The van der Waals surface area contributed by atoms with Gasteiger partial charge in [0, 0.05) is 55.9 Å². The average molecular weight is 501 g/mol. The van der Waals surface area contributed by atoms with E-state index in [0.29, 0.717) is 29.8 Å². The predicted octanol–water partition coefficient (Wildman–Crippen LogP) is 2.58. The van der Waals surface area contributed by atoms with E-state index in [0.717, 1.165) is 43.7 Å². The number of pyridine rings is 1. The van der Waals surface area contributed by atoms with Gasteiger partial charge in [0.25, 0.3) is 5.91 Å². The van der Waals surface area contributed by atoms with Crippen molar-refractivity contribution in [1.82, 2.24) is 34.7 Å². The zero-order valence-corrected chi connectivity index (χ0v) is 20.2. The van der Waals surface area contributed by atoms with Crippen LogP contribution in [0.1, 0.15) is 29.4 Å². The topological polar surface area (TPSA) is 118 Å². The van der Waals surface area contributed by atoms with Crippen LogP contribution in [-0.4, -0.2) is 66.3 Å². The van der Waals surface area contributed by atoms with Crippen LogP contribution in [0.3, 0.4) is 0 Å². The summed E-state index contributed by atoms with van der Waals surface area (Å²) in [6.07, 6.45) is 10.1. The van der Waals surface area contributed by atoms with Crippen molar-refractivity contribution in [2.75, 3.05) is 34.8 Å². The first kappa shape index (κ1) is 23.0. The van der Waals surface area contributed by atoms with E-state index in [1.165, 1.54) is 18.5 Å². The standard InChI is InChI=1S/C25H25FN10O/c1-16-15-34(24-27-7-3-8-28-24)10-11-35(16)25-29-12-17(13-30-25)32-23(37)18-5-6-20(33-22(18)26)19-14-31-36-9-2-4-21(19)36/h3,5-8,12-14,16H,2,4,9-11,15H2,1H3,(H,32,37)/t16-/m0/s1. The quantitative estimate of drug-likeness (QED) is 0.413. The van der Waals surface area contributed by atoms with Gasteiger partial charge in [-0.1, -0.05) is 0 Å². The summed E-state index contributed by atoms with van der Waals surface area (Å²) in [5.41, 5.74) is 2.54. The van der Waals surface area contributed by atoms with Crippen LogP contribution in [0.15, 0.2) is 49.2 Å². The van der Waals surface area contributed by atoms with Gasteiger partial charge >= 0.3 is 0 Å². The van der Waals surface area contributed by atoms with Crippen LogP contribution in [0.2, 0.25) is 0 Å². The fourth-order valence-corrected chi connectivity index (χ4v) is 4.85. The summed E-state index contributed by atoms with van der Waals surface area (Å²) in [5.74, 6) is -0.181. The van der Waals surface area contributed by atoms with Crippen LogP contribution >= 0.6 is 0 Å². The number of hydrogen-bond acceptors (Lipinski definition) is 9. The number of aryl methyl sites for hydroxylation is 1. The largest absolute Gasteiger partial charge is 0.337 e. The van der Waals surface area contributed by atoms with E-state index in [1.54, 1.807) is 30.7 Å². The Morgan fingerprint density at radius 1 is 1.03 bits per heavy atom. The molecule has 0 unspecified atom stereocenters. The first-order valence-electron chi connectivity index (χ1n) is 12.2. The minimum Gasteiger partial charge on any atom is -0.337 e. The van der Waals surface area contributed by atoms with Crippen molar-refractivity contribution in [2.45, 2.75) is 32.4 Å². The summed E-state index contributed by atoms with van der Waals surface area (Å²) in [6, 6.07) is 5.02. The van der Waals surface area contributed by atoms with Gasteiger partial charge in [0.15, 0.2) is 0 Å². The highest BCUT2D eigenvalue weighted by molar-refractivity contribution is 6.04. The third-order valence-electron chi connectivity index (χ3n) is 6.72. The fraction of sp³-hybridized carbons (Fsp3) is 0.320. The summed E-state index contributed by atoms with van der Waals surface area (Å²) < 4.78 is 16.7. The Kier molecular flexibility index (Phi) is 5.91. The maximum absolute atomic E-state index is 14.8. The van der Waals surface area contributed by atoms with Gasteiger partial charge in [-0.3, -0.25) is 9.48 Å². The molecule has 0 bridgehead atoms. The molecule has 11 nitrogen and oxygen atoms in total. The molecule has 4 aromatic rings. The normalized spacial score (nSPS) is 17.1. The molecule has 37 heavy (non-hydrogen) atoms. The fourth-order valence-electron chi connectivity index (χ4n) is 4.85. The Labute approximate surface area is 212 Å². The molecule has 1 atom stereocenters. The molecule has 1 N–H and O–H groups in total. The second-order valence-corrected chi connectivity index (χ2v) is 9.13. The molecule has 0 aromatic carbocycles. The Morgan fingerprint density at radius 3 is 2.59 bits per heavy atom. The second kappa shape index (κ2) is 9.52. The smallest absolute Gasteiger partial charge is 0.260 e. The molecular formula is C25H25FN10O. The molecule has 6 rings (SSSR count). The molecule has 1 amide bonds. The number of nitrogens with zero attached hydrogens (tertiary/aromatic N) is 9. The van der Waals surface area contributed by atoms with E-state index in [4.69, 9.17) is 0 Å². The lowest BCUT2D eigenvalue weighted by molar-refractivity contribution is 0.102. The monoisotopic (exact) mass is 500 g/mol. The number of anilines is 3. The van der Waals surface area contributed by atoms with Gasteiger partial charge in [-0.25, -0.2) is 24.9 Å². The molecule has 188 valence electrons. The molecule has 6 heterocycles. The molecule has 0 saturated carbocycles. The van der Waals surface area contributed by atoms with Gasteiger partial charge < -0.3 is 15.1 Å². The van der Waals surface area contributed by atoms with Crippen molar-refractivity contribution in [2.24, 2.45) is 0 Å². The zero-order valence-electron chi connectivity index (χ0n) is 20.2. The number of nitrogens with one attached hydrogen (secondary N) is 1. The van der Waals surface area contributed by atoms with E-state index in [1.807, 2.05) is 4.68 Å². The SMILES string of the molecule is C[C@H]1CN(c2ncccn2)CCN1c1ncc(NC(=O)c2ccc(-c3cnn4c3CCC4)nc2F)cn1. The highest BCUT2D eigenvalue weighted by atomic mass is 19.1. The van der Waals surface area contributed by atoms with Crippen molar-refractivity contribution >= 4 is 23.5 Å². The number of piperazine rings is 1. The van der Waals surface area contributed by atoms with Crippen LogP contribution in [0.4, 0.5) is 22.0 Å². The minimum atomic E-state index is -0.834. The van der Waals surface area contributed by atoms with Crippen molar-refractivity contribution in [3.63, 3.8) is 0 Å². The Balaban J connectivity index is 1.11. The Hall–Kier alpha value is -4.48. The van der Waals surface area contributed by atoms with Crippen LogP contribution in [0.25, 0.3) is 11.3 Å². The van der Waals surface area contributed by atoms with Crippen molar-refractivity contribution in [1.29, 1.82) is 0 Å². The summed E-state index contributed by atoms with van der Waals surface area (Å²) in [4.78, 5) is 38.5. The summed E-state index contributed by atoms with van der Waals surface area (Å²) in [6.45, 7) is 5.12. The number of halogens is 1. The van der Waals surface area contributed by atoms with Crippen molar-refractivity contribution < 1.29 is 9.18 Å². The highest BCUT2D eigenvalue weighted by Crippen LogP contribution is 2.27. The molecule has 2 aliphatic rings. The molecule has 0 spiro atoms. The number of rotatable bonds is 5. The lowest BCUT2D eigenvalue weighted by Gasteiger charge is -2.39. The molecule has 0 aliphatic carbocycles. The lowest BCUT2D eigenvalue weighted by Crippen LogP contribution is -2.53. The van der Waals surface area contributed by atoms with E-state index >= 15 is 0 Å². The maximum Gasteiger partial charge on any atom is 0.260 e. The van der Waals surface area contributed by atoms with Crippen molar-refractivity contribution in [3.8, 4) is 11.3 Å². The Bertz CT molecular complexity index is 1430. The Morgan fingerprint density at radius 2 is 1.84 bits per heavy atom. The molecule has 4 aromatic heterocycles. The first-order valence-corrected chi connectivity index (χ1v) is 12.2. The molecule has 12 heteroatoms. The molecule has 0 radical (unpaired) electrons. The van der Waals surface area contributed by atoms with Crippen LogP contribution < -0.4 is 15.1 Å². The van der Waals surface area contributed by atoms with Crippen molar-refractivity contribution in [3.05, 3.63) is 66.4 Å². The molecular weight excluding hydrogens is 475 g/mol. The number of hydrogen-bond donors (Lipinski definition) is 1. The summed E-state index contributed by atoms with van der Waals surface area (Å²) in [7, 11) is 0. The predicted molar refractivity (Wildman–Crippen MR) is 135 cm³/mol. The highest BCUT2D eigenvalue weighted by Gasteiger charge is 2.27. The number of aromatic nitrogens is 7. The van der Waals surface area contributed by atoms with E-state index in [2.05, 4.69) is 52.1 Å². The van der Waals surface area contributed by atoms with Gasteiger partial charge in [0.1, 0.15) is 0 Å². The molecule has 2 aliphatic heterocycles. The van der Waals surface area contributed by atoms with Gasteiger partial charge in [-0.15, -0.1) is 0 Å². The third kappa shape index (κ3) is 4.46. The number of carbonyl (C=O) groups is 1. The summed E-state index contributed by atoms with van der Waals surface area (Å²) in [5, 5.41) is 6.99. The van der Waals surface area contributed by atoms with Gasteiger partial charge in [0.05, 0.1) is 35.5 Å². The molecule has 1 saturated heterocycles. The van der Waals surface area contributed by atoms with Crippen LogP contribution in [0, 0.1) is 5.95 Å². The second-order valence-electron chi connectivity index (χ2n) is 9.13. The van der Waals surface area contributed by atoms with Crippen LogP contribution in [0.5, 0.6) is 0 Å². The first-order chi connectivity index (χ1) is 18.1. The molecule has 1 fully saturated rings. The van der Waals surface area contributed by atoms with E-state index < -0.39 is 11.9 Å². The van der Waals surface area contributed by atoms with E-state index in [9.17, 15) is 9.18 Å². The van der Waals surface area contributed by atoms with Gasteiger partial charge in [-0.2, -0.15) is 9.49 Å². The average Bonchev–Trinajstić information content (AvgIpc) is 3.54.